The topological polar surface area (TPSA) is 36.4 Å². The Labute approximate surface area is 134 Å². The van der Waals surface area contributed by atoms with Gasteiger partial charge in [-0.15, -0.1) is 11.3 Å². The predicted octanol–water partition coefficient (Wildman–Crippen LogP) is 2.52. The van der Waals surface area contributed by atoms with E-state index in [4.69, 9.17) is 0 Å². The maximum atomic E-state index is 12.4. The Balaban J connectivity index is 1.47. The van der Waals surface area contributed by atoms with Crippen LogP contribution in [0.4, 0.5) is 0 Å². The summed E-state index contributed by atoms with van der Waals surface area (Å²) in [4.78, 5) is 22.4. The molecule has 4 heterocycles. The molecule has 2 aromatic heterocycles. The lowest BCUT2D eigenvalue weighted by molar-refractivity contribution is -0.129. The van der Waals surface area contributed by atoms with E-state index in [9.17, 15) is 4.79 Å². The first kappa shape index (κ1) is 13.9. The number of nitrogens with zero attached hydrogens (tertiary/aromatic N) is 3. The highest BCUT2D eigenvalue weighted by Crippen LogP contribution is 2.34. The quantitative estimate of drug-likeness (QED) is 0.870. The van der Waals surface area contributed by atoms with Gasteiger partial charge in [-0.1, -0.05) is 6.07 Å². The minimum Gasteiger partial charge on any atom is -0.334 e. The van der Waals surface area contributed by atoms with Crippen molar-refractivity contribution < 1.29 is 4.79 Å². The SMILES string of the molecule is O=C1CC2C(CCN2Cc2cccs2)N1Cc1ccncc1. The minimum absolute atomic E-state index is 0.294. The van der Waals surface area contributed by atoms with Crippen molar-refractivity contribution in [1.29, 1.82) is 0 Å². The van der Waals surface area contributed by atoms with Crippen molar-refractivity contribution in [2.24, 2.45) is 0 Å². The van der Waals surface area contributed by atoms with E-state index in [-0.39, 0.29) is 0 Å². The van der Waals surface area contributed by atoms with Gasteiger partial charge in [-0.05, 0) is 35.6 Å². The number of carbonyl (C=O) groups excluding carboxylic acids is 1. The molecule has 2 fully saturated rings. The van der Waals surface area contributed by atoms with Crippen LogP contribution in [0, 0.1) is 0 Å². The van der Waals surface area contributed by atoms with Crippen LogP contribution in [0.25, 0.3) is 0 Å². The zero-order valence-electron chi connectivity index (χ0n) is 12.4. The number of fused-ring (bicyclic) bond motifs is 1. The monoisotopic (exact) mass is 313 g/mol. The number of hydrogen-bond donors (Lipinski definition) is 0. The molecule has 2 unspecified atom stereocenters. The number of aromatic nitrogens is 1. The molecule has 1 amide bonds. The summed E-state index contributed by atoms with van der Waals surface area (Å²) in [6.45, 7) is 2.79. The maximum Gasteiger partial charge on any atom is 0.224 e. The van der Waals surface area contributed by atoms with Crippen molar-refractivity contribution in [3.8, 4) is 0 Å². The molecule has 2 aliphatic rings. The second-order valence-corrected chi connectivity index (χ2v) is 7.09. The lowest BCUT2D eigenvalue weighted by Gasteiger charge is -2.25. The molecule has 4 nitrogen and oxygen atoms in total. The van der Waals surface area contributed by atoms with Crippen LogP contribution in [0.15, 0.2) is 42.0 Å². The summed E-state index contributed by atoms with van der Waals surface area (Å²) in [5.41, 5.74) is 1.17. The Morgan fingerprint density at radius 1 is 1.18 bits per heavy atom. The summed E-state index contributed by atoms with van der Waals surface area (Å²) >= 11 is 1.80. The predicted molar refractivity (Wildman–Crippen MR) is 86.3 cm³/mol. The average molecular weight is 313 g/mol. The van der Waals surface area contributed by atoms with Gasteiger partial charge >= 0.3 is 0 Å². The Hall–Kier alpha value is -1.72. The van der Waals surface area contributed by atoms with Crippen molar-refractivity contribution in [3.63, 3.8) is 0 Å². The van der Waals surface area contributed by atoms with Crippen molar-refractivity contribution in [3.05, 3.63) is 52.5 Å². The highest BCUT2D eigenvalue weighted by Gasteiger charge is 2.46. The van der Waals surface area contributed by atoms with E-state index in [1.54, 1.807) is 23.7 Å². The maximum absolute atomic E-state index is 12.4. The number of hydrogen-bond acceptors (Lipinski definition) is 4. The van der Waals surface area contributed by atoms with Gasteiger partial charge in [-0.3, -0.25) is 14.7 Å². The summed E-state index contributed by atoms with van der Waals surface area (Å²) < 4.78 is 0. The Morgan fingerprint density at radius 2 is 2.05 bits per heavy atom. The van der Waals surface area contributed by atoms with Crippen molar-refractivity contribution in [2.45, 2.75) is 38.0 Å². The van der Waals surface area contributed by atoms with Crippen molar-refractivity contribution in [2.75, 3.05) is 6.54 Å². The normalized spacial score (nSPS) is 24.9. The molecule has 2 aromatic rings. The van der Waals surface area contributed by atoms with Crippen LogP contribution in [0.5, 0.6) is 0 Å². The van der Waals surface area contributed by atoms with Crippen LogP contribution in [0.2, 0.25) is 0 Å². The first-order valence-corrected chi connectivity index (χ1v) is 8.64. The molecule has 114 valence electrons. The molecule has 0 bridgehead atoms. The molecular weight excluding hydrogens is 294 g/mol. The first-order valence-electron chi connectivity index (χ1n) is 7.76. The molecule has 2 saturated heterocycles. The van der Waals surface area contributed by atoms with Gasteiger partial charge in [0.25, 0.3) is 0 Å². The van der Waals surface area contributed by atoms with E-state index in [0.717, 1.165) is 26.1 Å². The molecule has 4 rings (SSSR count). The van der Waals surface area contributed by atoms with E-state index < -0.39 is 0 Å². The standard InChI is InChI=1S/C17H19N3OS/c21-17-10-16-15(20(17)11-13-3-6-18-7-4-13)5-8-19(16)12-14-2-1-9-22-14/h1-4,6-7,9,15-16H,5,8,10-12H2. The molecular formula is C17H19N3OS. The molecule has 0 saturated carbocycles. The van der Waals surface area contributed by atoms with Crippen molar-refractivity contribution in [1.82, 2.24) is 14.8 Å². The van der Waals surface area contributed by atoms with Gasteiger partial charge in [-0.2, -0.15) is 0 Å². The summed E-state index contributed by atoms with van der Waals surface area (Å²) in [6, 6.07) is 9.04. The van der Waals surface area contributed by atoms with Gasteiger partial charge in [0.2, 0.25) is 5.91 Å². The van der Waals surface area contributed by atoms with Crippen LogP contribution >= 0.6 is 11.3 Å². The molecule has 2 aliphatic heterocycles. The molecule has 0 radical (unpaired) electrons. The molecule has 0 aliphatic carbocycles. The van der Waals surface area contributed by atoms with E-state index in [0.29, 0.717) is 24.4 Å². The van der Waals surface area contributed by atoms with Gasteiger partial charge in [-0.25, -0.2) is 0 Å². The minimum atomic E-state index is 0.294. The van der Waals surface area contributed by atoms with Gasteiger partial charge in [0.05, 0.1) is 0 Å². The summed E-state index contributed by atoms with van der Waals surface area (Å²) in [5.74, 6) is 0.294. The molecule has 0 aromatic carbocycles. The van der Waals surface area contributed by atoms with Gasteiger partial charge in [0.1, 0.15) is 0 Å². The summed E-state index contributed by atoms with van der Waals surface area (Å²) in [5, 5.41) is 2.12. The smallest absolute Gasteiger partial charge is 0.224 e. The number of thiophene rings is 1. The van der Waals surface area contributed by atoms with E-state index in [1.165, 1.54) is 10.4 Å². The van der Waals surface area contributed by atoms with Crippen molar-refractivity contribution >= 4 is 17.2 Å². The second-order valence-electron chi connectivity index (χ2n) is 6.05. The van der Waals surface area contributed by atoms with Gasteiger partial charge < -0.3 is 4.90 Å². The van der Waals surface area contributed by atoms with Crippen LogP contribution in [0.1, 0.15) is 23.3 Å². The zero-order valence-corrected chi connectivity index (χ0v) is 13.2. The largest absolute Gasteiger partial charge is 0.334 e. The fourth-order valence-electron chi connectivity index (χ4n) is 3.70. The Morgan fingerprint density at radius 3 is 2.82 bits per heavy atom. The van der Waals surface area contributed by atoms with Crippen LogP contribution < -0.4 is 0 Å². The highest BCUT2D eigenvalue weighted by atomic mass is 32.1. The molecule has 0 spiro atoms. The van der Waals surface area contributed by atoms with E-state index >= 15 is 0 Å². The van der Waals surface area contributed by atoms with Gasteiger partial charge in [0, 0.05) is 55.4 Å². The van der Waals surface area contributed by atoms with E-state index in [1.807, 2.05) is 12.1 Å². The van der Waals surface area contributed by atoms with Crippen LogP contribution in [0.3, 0.4) is 0 Å². The van der Waals surface area contributed by atoms with Crippen LogP contribution in [-0.4, -0.2) is 39.3 Å². The van der Waals surface area contributed by atoms with E-state index in [2.05, 4.69) is 32.3 Å². The van der Waals surface area contributed by atoms with Gasteiger partial charge in [0.15, 0.2) is 0 Å². The number of carbonyl (C=O) groups is 1. The fraction of sp³-hybridized carbons (Fsp3) is 0.412. The number of rotatable bonds is 4. The third-order valence-electron chi connectivity index (χ3n) is 4.77. The number of amides is 1. The molecule has 22 heavy (non-hydrogen) atoms. The Kier molecular flexibility index (Phi) is 3.68. The highest BCUT2D eigenvalue weighted by molar-refractivity contribution is 7.09. The summed E-state index contributed by atoms with van der Waals surface area (Å²) in [7, 11) is 0. The Bertz CT molecular complexity index is 643. The van der Waals surface area contributed by atoms with Crippen LogP contribution in [-0.2, 0) is 17.9 Å². The molecule has 5 heteroatoms. The third-order valence-corrected chi connectivity index (χ3v) is 5.63. The second kappa shape index (κ2) is 5.82. The number of likely N-dealkylation sites (tertiary alicyclic amines) is 2. The first-order chi connectivity index (χ1) is 10.8. The molecule has 0 N–H and O–H groups in total. The average Bonchev–Trinajstić information content (AvgIpc) is 3.23. The third kappa shape index (κ3) is 2.55. The summed E-state index contributed by atoms with van der Waals surface area (Å²) in [6.07, 6.45) is 5.35. The lowest BCUT2D eigenvalue weighted by atomic mass is 10.1. The fourth-order valence-corrected chi connectivity index (χ4v) is 4.43. The zero-order chi connectivity index (χ0) is 14.9. The molecule has 2 atom stereocenters. The lowest BCUT2D eigenvalue weighted by Crippen LogP contribution is -2.36. The number of pyridine rings is 1.